The number of hydrogen-bond acceptors (Lipinski definition) is 4. The number of aliphatic hydroxyl groups excluding tert-OH is 1. The van der Waals surface area contributed by atoms with Gasteiger partial charge in [0.15, 0.2) is 6.10 Å². The molecule has 0 saturated heterocycles. The standard InChI is InChI=1S/C16H20O4/c1-19-15(16(18)20-2)12-14-9-6-8-13(11-14)7-4-3-5-10-17/h6,8-9,11,15,17H,3,5,10,12H2,1-2H3. The zero-order valence-corrected chi connectivity index (χ0v) is 11.9. The molecule has 1 rings (SSSR count). The Morgan fingerprint density at radius 3 is 2.85 bits per heavy atom. The molecule has 0 spiro atoms. The van der Waals surface area contributed by atoms with Crippen LogP contribution in [0.4, 0.5) is 0 Å². The van der Waals surface area contributed by atoms with E-state index in [0.29, 0.717) is 19.3 Å². The Kier molecular flexibility index (Phi) is 7.41. The Balaban J connectivity index is 2.71. The van der Waals surface area contributed by atoms with Crippen molar-refractivity contribution in [3.8, 4) is 11.8 Å². The van der Waals surface area contributed by atoms with E-state index in [4.69, 9.17) is 9.84 Å². The number of esters is 1. The maximum absolute atomic E-state index is 11.5. The fraction of sp³-hybridized carbons (Fsp3) is 0.438. The third-order valence-corrected chi connectivity index (χ3v) is 2.79. The Morgan fingerprint density at radius 2 is 2.20 bits per heavy atom. The van der Waals surface area contributed by atoms with Gasteiger partial charge in [0.1, 0.15) is 0 Å². The molecule has 1 atom stereocenters. The highest BCUT2D eigenvalue weighted by molar-refractivity contribution is 5.74. The van der Waals surface area contributed by atoms with Gasteiger partial charge < -0.3 is 14.6 Å². The minimum absolute atomic E-state index is 0.156. The Labute approximate surface area is 119 Å². The first-order chi connectivity index (χ1) is 9.71. The minimum atomic E-state index is -0.599. The van der Waals surface area contributed by atoms with Crippen LogP contribution in [0.1, 0.15) is 24.0 Å². The van der Waals surface area contributed by atoms with Crippen LogP contribution in [0.15, 0.2) is 24.3 Å². The van der Waals surface area contributed by atoms with Crippen LogP contribution in [0.2, 0.25) is 0 Å². The van der Waals surface area contributed by atoms with Crippen LogP contribution in [0.25, 0.3) is 0 Å². The fourth-order valence-corrected chi connectivity index (χ4v) is 1.72. The van der Waals surface area contributed by atoms with Gasteiger partial charge in [0.25, 0.3) is 0 Å². The van der Waals surface area contributed by atoms with E-state index in [2.05, 4.69) is 16.6 Å². The number of carbonyl (C=O) groups is 1. The second kappa shape index (κ2) is 9.13. The first kappa shape index (κ1) is 16.2. The van der Waals surface area contributed by atoms with Gasteiger partial charge in [-0.05, 0) is 24.1 Å². The number of aliphatic hydroxyl groups is 1. The van der Waals surface area contributed by atoms with Crippen molar-refractivity contribution in [1.29, 1.82) is 0 Å². The first-order valence-electron chi connectivity index (χ1n) is 6.50. The summed E-state index contributed by atoms with van der Waals surface area (Å²) >= 11 is 0. The van der Waals surface area contributed by atoms with Gasteiger partial charge in [-0.15, -0.1) is 0 Å². The topological polar surface area (TPSA) is 55.8 Å². The summed E-state index contributed by atoms with van der Waals surface area (Å²) in [6.07, 6.45) is 1.21. The van der Waals surface area contributed by atoms with Crippen molar-refractivity contribution in [3.63, 3.8) is 0 Å². The maximum Gasteiger partial charge on any atom is 0.335 e. The van der Waals surface area contributed by atoms with Crippen molar-refractivity contribution in [2.75, 3.05) is 20.8 Å². The molecule has 0 fully saturated rings. The molecule has 1 aromatic rings. The molecule has 0 aliphatic heterocycles. The molecular weight excluding hydrogens is 256 g/mol. The summed E-state index contributed by atoms with van der Waals surface area (Å²) in [4.78, 5) is 11.5. The van der Waals surface area contributed by atoms with Crippen LogP contribution in [0, 0.1) is 11.8 Å². The normalized spacial score (nSPS) is 11.3. The molecule has 0 aliphatic carbocycles. The van der Waals surface area contributed by atoms with E-state index < -0.39 is 6.10 Å². The highest BCUT2D eigenvalue weighted by atomic mass is 16.6. The number of benzene rings is 1. The van der Waals surface area contributed by atoms with Gasteiger partial charge in [0, 0.05) is 32.1 Å². The van der Waals surface area contributed by atoms with Crippen LogP contribution in [-0.2, 0) is 20.7 Å². The van der Waals surface area contributed by atoms with Crippen molar-refractivity contribution in [2.45, 2.75) is 25.4 Å². The summed E-state index contributed by atoms with van der Waals surface area (Å²) in [7, 11) is 2.83. The van der Waals surface area contributed by atoms with E-state index in [-0.39, 0.29) is 12.6 Å². The minimum Gasteiger partial charge on any atom is -0.467 e. The summed E-state index contributed by atoms with van der Waals surface area (Å²) in [5.74, 6) is 5.65. The predicted octanol–water partition coefficient (Wildman–Crippen LogP) is 1.54. The Hall–Kier alpha value is -1.83. The number of methoxy groups -OCH3 is 2. The van der Waals surface area contributed by atoms with Crippen LogP contribution in [0.5, 0.6) is 0 Å². The second-order valence-electron chi connectivity index (χ2n) is 4.28. The molecule has 20 heavy (non-hydrogen) atoms. The highest BCUT2D eigenvalue weighted by Crippen LogP contribution is 2.09. The summed E-state index contributed by atoms with van der Waals surface area (Å²) in [6, 6.07) is 7.67. The summed E-state index contributed by atoms with van der Waals surface area (Å²) in [6.45, 7) is 0.156. The van der Waals surface area contributed by atoms with Gasteiger partial charge in [0.2, 0.25) is 0 Å². The zero-order valence-electron chi connectivity index (χ0n) is 11.9. The summed E-state index contributed by atoms with van der Waals surface area (Å²) < 4.78 is 9.80. The molecule has 0 amide bonds. The third kappa shape index (κ3) is 5.43. The van der Waals surface area contributed by atoms with Crippen LogP contribution >= 0.6 is 0 Å². The lowest BCUT2D eigenvalue weighted by atomic mass is 10.0. The Morgan fingerprint density at radius 1 is 1.40 bits per heavy atom. The molecule has 0 heterocycles. The van der Waals surface area contributed by atoms with Crippen molar-refractivity contribution in [2.24, 2.45) is 0 Å². The number of rotatable bonds is 6. The molecule has 0 aromatic heterocycles. The van der Waals surface area contributed by atoms with E-state index in [1.165, 1.54) is 14.2 Å². The lowest BCUT2D eigenvalue weighted by Crippen LogP contribution is -2.26. The van der Waals surface area contributed by atoms with Gasteiger partial charge >= 0.3 is 5.97 Å². The second-order valence-corrected chi connectivity index (χ2v) is 4.28. The van der Waals surface area contributed by atoms with E-state index in [1.807, 2.05) is 24.3 Å². The van der Waals surface area contributed by atoms with Crippen molar-refractivity contribution >= 4 is 5.97 Å². The van der Waals surface area contributed by atoms with Crippen LogP contribution < -0.4 is 0 Å². The molecule has 1 N–H and O–H groups in total. The largest absolute Gasteiger partial charge is 0.467 e. The average Bonchev–Trinajstić information content (AvgIpc) is 2.49. The molecule has 1 unspecified atom stereocenters. The third-order valence-electron chi connectivity index (χ3n) is 2.79. The summed E-state index contributed by atoms with van der Waals surface area (Å²) in [5, 5.41) is 8.68. The van der Waals surface area contributed by atoms with E-state index in [9.17, 15) is 4.79 Å². The predicted molar refractivity (Wildman–Crippen MR) is 76.2 cm³/mol. The van der Waals surface area contributed by atoms with E-state index in [0.717, 1.165) is 11.1 Å². The van der Waals surface area contributed by atoms with Crippen molar-refractivity contribution < 1.29 is 19.4 Å². The number of unbranched alkanes of at least 4 members (excludes halogenated alkanes) is 1. The smallest absolute Gasteiger partial charge is 0.335 e. The maximum atomic E-state index is 11.5. The molecule has 4 heteroatoms. The first-order valence-corrected chi connectivity index (χ1v) is 6.50. The Bertz CT molecular complexity index is 485. The molecular formula is C16H20O4. The fourth-order valence-electron chi connectivity index (χ4n) is 1.72. The number of carbonyl (C=O) groups excluding carboxylic acids is 1. The lowest BCUT2D eigenvalue weighted by Gasteiger charge is -2.12. The summed E-state index contributed by atoms with van der Waals surface area (Å²) in [5.41, 5.74) is 1.86. The van der Waals surface area contributed by atoms with E-state index >= 15 is 0 Å². The molecule has 0 bridgehead atoms. The van der Waals surface area contributed by atoms with Gasteiger partial charge in [-0.2, -0.15) is 0 Å². The van der Waals surface area contributed by atoms with Gasteiger partial charge in [0.05, 0.1) is 7.11 Å². The van der Waals surface area contributed by atoms with Gasteiger partial charge in [-0.25, -0.2) is 4.79 Å². The van der Waals surface area contributed by atoms with Crippen LogP contribution in [0.3, 0.4) is 0 Å². The molecule has 0 aliphatic rings. The molecule has 1 aromatic carbocycles. The van der Waals surface area contributed by atoms with Crippen molar-refractivity contribution in [1.82, 2.24) is 0 Å². The molecule has 4 nitrogen and oxygen atoms in total. The monoisotopic (exact) mass is 276 g/mol. The highest BCUT2D eigenvalue weighted by Gasteiger charge is 2.18. The molecule has 0 saturated carbocycles. The lowest BCUT2D eigenvalue weighted by molar-refractivity contribution is -0.152. The zero-order chi connectivity index (χ0) is 14.8. The van der Waals surface area contributed by atoms with Crippen molar-refractivity contribution in [3.05, 3.63) is 35.4 Å². The quantitative estimate of drug-likeness (QED) is 0.486. The SMILES string of the molecule is COC(=O)C(Cc1cccc(C#CCCCO)c1)OC. The van der Waals surface area contributed by atoms with E-state index in [1.54, 1.807) is 0 Å². The van der Waals surface area contributed by atoms with Gasteiger partial charge in [-0.1, -0.05) is 24.0 Å². The molecule has 0 radical (unpaired) electrons. The average molecular weight is 276 g/mol. The van der Waals surface area contributed by atoms with Crippen LogP contribution in [-0.4, -0.2) is 38.0 Å². The number of hydrogen-bond donors (Lipinski definition) is 1. The number of ether oxygens (including phenoxy) is 2. The molecule has 108 valence electrons. The van der Waals surface area contributed by atoms with Gasteiger partial charge in [-0.3, -0.25) is 0 Å².